The monoisotopic (exact) mass is 266 g/mol. The van der Waals surface area contributed by atoms with E-state index in [1.165, 1.54) is 45.4 Å². The van der Waals surface area contributed by atoms with Crippen LogP contribution in [-0.2, 0) is 6.42 Å². The maximum absolute atomic E-state index is 2.29. The lowest BCUT2D eigenvalue weighted by Gasteiger charge is -2.01. The van der Waals surface area contributed by atoms with E-state index in [1.54, 1.807) is 0 Å². The van der Waals surface area contributed by atoms with Gasteiger partial charge < -0.3 is 0 Å². The summed E-state index contributed by atoms with van der Waals surface area (Å²) < 4.78 is 1.37. The number of benzene rings is 2. The van der Waals surface area contributed by atoms with E-state index in [0.717, 1.165) is 0 Å². The van der Waals surface area contributed by atoms with Gasteiger partial charge in [0.15, 0.2) is 0 Å². The van der Waals surface area contributed by atoms with Crippen LogP contribution in [0.1, 0.15) is 25.3 Å². The van der Waals surface area contributed by atoms with Gasteiger partial charge in [-0.2, -0.15) is 0 Å². The Bertz CT molecular complexity index is 628. The Morgan fingerprint density at radius 3 is 2.47 bits per heavy atom. The molecule has 0 unspecified atom stereocenters. The number of hydrogen-bond acceptors (Lipinski definition) is 1. The van der Waals surface area contributed by atoms with Crippen molar-refractivity contribution in [1.29, 1.82) is 0 Å². The minimum absolute atomic E-state index is 1.20. The van der Waals surface area contributed by atoms with Crippen molar-refractivity contribution in [1.82, 2.24) is 0 Å². The molecule has 0 amide bonds. The van der Waals surface area contributed by atoms with Crippen molar-refractivity contribution >= 4 is 21.4 Å². The van der Waals surface area contributed by atoms with E-state index in [9.17, 15) is 0 Å². The van der Waals surface area contributed by atoms with E-state index in [1.807, 2.05) is 11.3 Å². The number of unbranched alkanes of at least 4 members (excludes halogenated alkanes) is 1. The van der Waals surface area contributed by atoms with Gasteiger partial charge in [0, 0.05) is 9.58 Å². The standard InChI is InChI=1S/C18H18S/c1-2-3-6-14-9-11-15(12-10-14)18-13-16-7-4-5-8-17(16)19-18/h4-5,7-13H,2-3,6H2,1H3. The number of hydrogen-bond donors (Lipinski definition) is 0. The highest BCUT2D eigenvalue weighted by molar-refractivity contribution is 7.22. The fraction of sp³-hybridized carbons (Fsp3) is 0.222. The largest absolute Gasteiger partial charge is 0.135 e. The second-order valence-corrected chi connectivity index (χ2v) is 6.03. The summed E-state index contributed by atoms with van der Waals surface area (Å²) >= 11 is 1.87. The molecule has 0 radical (unpaired) electrons. The molecule has 3 rings (SSSR count). The third kappa shape index (κ3) is 2.71. The molecule has 2 aromatic carbocycles. The van der Waals surface area contributed by atoms with Crippen LogP contribution in [0.4, 0.5) is 0 Å². The average Bonchev–Trinajstić information content (AvgIpc) is 2.89. The van der Waals surface area contributed by atoms with Gasteiger partial charge in [-0.3, -0.25) is 0 Å². The van der Waals surface area contributed by atoms with E-state index in [0.29, 0.717) is 0 Å². The summed E-state index contributed by atoms with van der Waals surface area (Å²) in [6.45, 7) is 2.24. The van der Waals surface area contributed by atoms with Crippen molar-refractivity contribution in [2.24, 2.45) is 0 Å². The van der Waals surface area contributed by atoms with Crippen molar-refractivity contribution in [2.45, 2.75) is 26.2 Å². The lowest BCUT2D eigenvalue weighted by molar-refractivity contribution is 0.795. The Balaban J connectivity index is 1.88. The van der Waals surface area contributed by atoms with Crippen LogP contribution in [0.5, 0.6) is 0 Å². The molecule has 0 saturated heterocycles. The molecule has 0 N–H and O–H groups in total. The van der Waals surface area contributed by atoms with E-state index in [-0.39, 0.29) is 0 Å². The van der Waals surface area contributed by atoms with Crippen LogP contribution in [0.3, 0.4) is 0 Å². The van der Waals surface area contributed by atoms with Crippen molar-refractivity contribution in [2.75, 3.05) is 0 Å². The molecule has 1 aromatic heterocycles. The lowest BCUT2D eigenvalue weighted by Crippen LogP contribution is -1.83. The molecule has 3 aromatic rings. The molecule has 0 aliphatic carbocycles. The highest BCUT2D eigenvalue weighted by Gasteiger charge is 2.03. The lowest BCUT2D eigenvalue weighted by atomic mass is 10.1. The van der Waals surface area contributed by atoms with Crippen LogP contribution in [0.15, 0.2) is 54.6 Å². The van der Waals surface area contributed by atoms with Crippen LogP contribution in [0.25, 0.3) is 20.5 Å². The highest BCUT2D eigenvalue weighted by atomic mass is 32.1. The summed E-state index contributed by atoms with van der Waals surface area (Å²) in [5, 5.41) is 1.34. The van der Waals surface area contributed by atoms with Crippen LogP contribution in [-0.4, -0.2) is 0 Å². The zero-order valence-corrected chi connectivity index (χ0v) is 12.0. The molecule has 0 atom stereocenters. The first-order valence-electron chi connectivity index (χ1n) is 6.94. The van der Waals surface area contributed by atoms with E-state index >= 15 is 0 Å². The average molecular weight is 266 g/mol. The first-order valence-corrected chi connectivity index (χ1v) is 7.76. The maximum atomic E-state index is 2.29. The second kappa shape index (κ2) is 5.58. The molecule has 1 heterocycles. The molecular formula is C18H18S. The van der Waals surface area contributed by atoms with Crippen LogP contribution >= 0.6 is 11.3 Å². The van der Waals surface area contributed by atoms with Crippen LogP contribution in [0.2, 0.25) is 0 Å². The molecule has 0 aliphatic heterocycles. The zero-order chi connectivity index (χ0) is 13.1. The fourth-order valence-corrected chi connectivity index (χ4v) is 3.41. The van der Waals surface area contributed by atoms with Crippen molar-refractivity contribution < 1.29 is 0 Å². The van der Waals surface area contributed by atoms with Crippen molar-refractivity contribution in [3.8, 4) is 10.4 Å². The van der Waals surface area contributed by atoms with Gasteiger partial charge in [-0.25, -0.2) is 0 Å². The summed E-state index contributed by atoms with van der Waals surface area (Å²) in [7, 11) is 0. The maximum Gasteiger partial charge on any atom is 0.0355 e. The van der Waals surface area contributed by atoms with Gasteiger partial charge in [-0.15, -0.1) is 11.3 Å². The smallest absolute Gasteiger partial charge is 0.0355 e. The Labute approximate surface area is 118 Å². The molecule has 0 fully saturated rings. The van der Waals surface area contributed by atoms with Crippen molar-refractivity contribution in [3.63, 3.8) is 0 Å². The number of thiophene rings is 1. The van der Waals surface area contributed by atoms with E-state index in [4.69, 9.17) is 0 Å². The summed E-state index contributed by atoms with van der Waals surface area (Å²) in [4.78, 5) is 1.36. The predicted octanol–water partition coefficient (Wildman–Crippen LogP) is 5.91. The van der Waals surface area contributed by atoms with E-state index < -0.39 is 0 Å². The molecule has 0 bridgehead atoms. The highest BCUT2D eigenvalue weighted by Crippen LogP contribution is 2.33. The topological polar surface area (TPSA) is 0 Å². The zero-order valence-electron chi connectivity index (χ0n) is 11.2. The Hall–Kier alpha value is -1.60. The third-order valence-corrected chi connectivity index (χ3v) is 4.65. The van der Waals surface area contributed by atoms with E-state index in [2.05, 4.69) is 61.5 Å². The van der Waals surface area contributed by atoms with Crippen molar-refractivity contribution in [3.05, 3.63) is 60.2 Å². The summed E-state index contributed by atoms with van der Waals surface area (Å²) in [5.41, 5.74) is 2.79. The SMILES string of the molecule is CCCCc1ccc(-c2cc3ccccc3s2)cc1. The molecule has 0 nitrogen and oxygen atoms in total. The molecule has 0 saturated carbocycles. The molecule has 96 valence electrons. The normalized spacial score (nSPS) is 11.0. The van der Waals surface area contributed by atoms with Gasteiger partial charge in [0.05, 0.1) is 0 Å². The van der Waals surface area contributed by atoms with Gasteiger partial charge in [-0.1, -0.05) is 55.8 Å². The Kier molecular flexibility index (Phi) is 3.65. The molecule has 0 aliphatic rings. The number of rotatable bonds is 4. The van der Waals surface area contributed by atoms with Gasteiger partial charge in [0.2, 0.25) is 0 Å². The van der Waals surface area contributed by atoms with Crippen LogP contribution in [0, 0.1) is 0 Å². The minimum Gasteiger partial charge on any atom is -0.135 e. The molecule has 1 heteroatoms. The quantitative estimate of drug-likeness (QED) is 0.550. The van der Waals surface area contributed by atoms with Gasteiger partial charge >= 0.3 is 0 Å². The molecule has 19 heavy (non-hydrogen) atoms. The number of fused-ring (bicyclic) bond motifs is 1. The Morgan fingerprint density at radius 1 is 0.947 bits per heavy atom. The van der Waals surface area contributed by atoms with Crippen LogP contribution < -0.4 is 0 Å². The minimum atomic E-state index is 1.20. The third-order valence-electron chi connectivity index (χ3n) is 3.48. The number of aryl methyl sites for hydroxylation is 1. The summed E-state index contributed by atoms with van der Waals surface area (Å²) in [6, 6.07) is 19.9. The fourth-order valence-electron chi connectivity index (χ4n) is 2.34. The summed E-state index contributed by atoms with van der Waals surface area (Å²) in [6.07, 6.45) is 3.74. The predicted molar refractivity (Wildman–Crippen MR) is 85.9 cm³/mol. The Morgan fingerprint density at radius 2 is 1.74 bits per heavy atom. The van der Waals surface area contributed by atoms with Gasteiger partial charge in [0.25, 0.3) is 0 Å². The van der Waals surface area contributed by atoms with Gasteiger partial charge in [-0.05, 0) is 41.5 Å². The molecule has 0 spiro atoms. The molecular weight excluding hydrogens is 248 g/mol. The first kappa shape index (κ1) is 12.4. The van der Waals surface area contributed by atoms with Gasteiger partial charge in [0.1, 0.15) is 0 Å². The first-order chi connectivity index (χ1) is 9.36. The second-order valence-electron chi connectivity index (χ2n) is 4.95. The summed E-state index contributed by atoms with van der Waals surface area (Å²) in [5.74, 6) is 0.